The van der Waals surface area contributed by atoms with E-state index in [1.54, 1.807) is 29.2 Å². The van der Waals surface area contributed by atoms with Gasteiger partial charge >= 0.3 is 0 Å². The first-order valence-electron chi connectivity index (χ1n) is 13.0. The van der Waals surface area contributed by atoms with Crippen molar-refractivity contribution in [3.8, 4) is 11.3 Å². The molecule has 5 rings (SSSR count). The molecule has 1 aliphatic carbocycles. The third-order valence-electron chi connectivity index (χ3n) is 7.17. The van der Waals surface area contributed by atoms with Gasteiger partial charge in [-0.15, -0.1) is 0 Å². The lowest BCUT2D eigenvalue weighted by Gasteiger charge is -2.36. The van der Waals surface area contributed by atoms with E-state index in [0.29, 0.717) is 47.6 Å². The van der Waals surface area contributed by atoms with Crippen LogP contribution in [0.15, 0.2) is 76.4 Å². The predicted molar refractivity (Wildman–Crippen MR) is 146 cm³/mol. The van der Waals surface area contributed by atoms with Crippen molar-refractivity contribution in [3.05, 3.63) is 87.8 Å². The topological polar surface area (TPSA) is 106 Å². The number of non-ortho nitro benzene ring substituents is 1. The van der Waals surface area contributed by atoms with E-state index < -0.39 is 11.0 Å². The normalized spacial score (nSPS) is 18.3. The number of para-hydroxylation sites is 2. The molecule has 38 heavy (non-hydrogen) atoms. The van der Waals surface area contributed by atoms with E-state index in [-0.39, 0.29) is 22.8 Å². The van der Waals surface area contributed by atoms with Crippen LogP contribution < -0.4 is 10.2 Å². The Morgan fingerprint density at radius 2 is 1.84 bits per heavy atom. The Morgan fingerprint density at radius 1 is 1.11 bits per heavy atom. The first-order chi connectivity index (χ1) is 18.2. The highest BCUT2D eigenvalue weighted by Gasteiger charge is 2.44. The summed E-state index contributed by atoms with van der Waals surface area (Å²) in [5.41, 5.74) is 3.27. The van der Waals surface area contributed by atoms with Gasteiger partial charge < -0.3 is 9.73 Å². The number of hydrogen-bond donors (Lipinski definition) is 1. The molecular weight excluding hydrogens is 482 g/mol. The summed E-state index contributed by atoms with van der Waals surface area (Å²) in [6.07, 6.45) is 2.98. The summed E-state index contributed by atoms with van der Waals surface area (Å²) in [6, 6.07) is 16.6. The van der Waals surface area contributed by atoms with Crippen LogP contribution in [0.4, 0.5) is 17.1 Å². The number of unbranched alkanes of at least 4 members (excludes halogenated alkanes) is 1. The van der Waals surface area contributed by atoms with Crippen molar-refractivity contribution in [2.75, 3.05) is 10.2 Å². The molecule has 0 spiro atoms. The number of carbonyl (C=O) groups excluding carboxylic acids is 2. The summed E-state index contributed by atoms with van der Waals surface area (Å²) >= 11 is 0. The van der Waals surface area contributed by atoms with Crippen molar-refractivity contribution in [3.63, 3.8) is 0 Å². The zero-order chi connectivity index (χ0) is 27.0. The van der Waals surface area contributed by atoms with E-state index in [4.69, 9.17) is 4.42 Å². The number of nitro groups is 1. The SMILES string of the molecule is CCCCC(=O)N1c2ccccc2NC2=C(C(=O)CC(C)(C)C2)[C@@H]1c1ccc(-c2ccc([N+](=O)[O-])cc2)o1. The highest BCUT2D eigenvalue weighted by Crippen LogP contribution is 2.49. The Balaban J connectivity index is 1.67. The molecule has 196 valence electrons. The summed E-state index contributed by atoms with van der Waals surface area (Å²) in [6.45, 7) is 6.19. The van der Waals surface area contributed by atoms with Crippen molar-refractivity contribution in [2.24, 2.45) is 5.41 Å². The van der Waals surface area contributed by atoms with Crippen LogP contribution in [0.5, 0.6) is 0 Å². The molecule has 1 aliphatic heterocycles. The van der Waals surface area contributed by atoms with Gasteiger partial charge in [-0.2, -0.15) is 0 Å². The summed E-state index contributed by atoms with van der Waals surface area (Å²) in [4.78, 5) is 39.9. The van der Waals surface area contributed by atoms with Gasteiger partial charge in [-0.1, -0.05) is 39.3 Å². The largest absolute Gasteiger partial charge is 0.459 e. The van der Waals surface area contributed by atoms with Crippen molar-refractivity contribution >= 4 is 28.8 Å². The molecule has 0 radical (unpaired) electrons. The maximum atomic E-state index is 13.8. The van der Waals surface area contributed by atoms with Crippen LogP contribution in [0.25, 0.3) is 11.3 Å². The number of nitrogens with zero attached hydrogens (tertiary/aromatic N) is 2. The number of ketones is 1. The average Bonchev–Trinajstić information content (AvgIpc) is 3.31. The van der Waals surface area contributed by atoms with Crippen molar-refractivity contribution in [1.29, 1.82) is 0 Å². The Morgan fingerprint density at radius 3 is 2.55 bits per heavy atom. The monoisotopic (exact) mass is 513 g/mol. The first-order valence-corrected chi connectivity index (χ1v) is 13.0. The van der Waals surface area contributed by atoms with Crippen LogP contribution >= 0.6 is 0 Å². The van der Waals surface area contributed by atoms with Crippen LogP contribution in [0.2, 0.25) is 0 Å². The molecule has 3 aromatic rings. The van der Waals surface area contributed by atoms with E-state index in [1.807, 2.05) is 31.2 Å². The van der Waals surface area contributed by atoms with Gasteiger partial charge in [0.1, 0.15) is 17.6 Å². The molecule has 2 aromatic carbocycles. The molecule has 2 aliphatic rings. The summed E-state index contributed by atoms with van der Waals surface area (Å²) < 4.78 is 6.34. The maximum Gasteiger partial charge on any atom is 0.269 e. The molecular formula is C30H31N3O5. The molecule has 1 atom stereocenters. The van der Waals surface area contributed by atoms with Crippen LogP contribution in [0, 0.1) is 15.5 Å². The number of carbonyl (C=O) groups is 2. The molecule has 0 saturated heterocycles. The molecule has 1 amide bonds. The lowest BCUT2D eigenvalue weighted by Crippen LogP contribution is -2.39. The maximum absolute atomic E-state index is 13.8. The van der Waals surface area contributed by atoms with Crippen LogP contribution in [0.1, 0.15) is 64.7 Å². The van der Waals surface area contributed by atoms with Gasteiger partial charge in [0.15, 0.2) is 5.78 Å². The van der Waals surface area contributed by atoms with Gasteiger partial charge in [-0.05, 0) is 54.7 Å². The fraction of sp³-hybridized carbons (Fsp3) is 0.333. The average molecular weight is 514 g/mol. The second-order valence-corrected chi connectivity index (χ2v) is 10.8. The minimum absolute atomic E-state index is 0.00936. The number of nitrogens with one attached hydrogen (secondary N) is 1. The number of fused-ring (bicyclic) bond motifs is 1. The lowest BCUT2D eigenvalue weighted by molar-refractivity contribution is -0.384. The molecule has 8 nitrogen and oxygen atoms in total. The van der Waals surface area contributed by atoms with Crippen molar-refractivity contribution in [1.82, 2.24) is 0 Å². The number of nitro benzene ring substituents is 1. The van der Waals surface area contributed by atoms with Gasteiger partial charge in [-0.25, -0.2) is 0 Å². The summed E-state index contributed by atoms with van der Waals surface area (Å²) in [5.74, 6) is 0.892. The van der Waals surface area contributed by atoms with Crippen LogP contribution in [0.3, 0.4) is 0 Å². The quantitative estimate of drug-likeness (QED) is 0.276. The standard InChI is InChI=1S/C30H31N3O5/c1-4-5-10-27(35)32-23-9-7-6-8-21(23)31-22-17-30(2,3)18-24(34)28(22)29(32)26-16-15-25(38-26)19-11-13-20(14-12-19)33(36)37/h6-9,11-16,29,31H,4-5,10,17-18H2,1-3H3/t29-/m0/s1. The number of rotatable bonds is 6. The highest BCUT2D eigenvalue weighted by molar-refractivity contribution is 6.06. The number of Topliss-reactive ketones (excluding diaryl/α,β-unsaturated/α-hetero) is 1. The van der Waals surface area contributed by atoms with Gasteiger partial charge in [-0.3, -0.25) is 24.6 Å². The van der Waals surface area contributed by atoms with Gasteiger partial charge in [0.25, 0.3) is 5.69 Å². The first kappa shape index (κ1) is 25.4. The molecule has 0 saturated carbocycles. The Labute approximate surface area is 221 Å². The summed E-state index contributed by atoms with van der Waals surface area (Å²) in [5, 5.41) is 14.6. The molecule has 0 bridgehead atoms. The van der Waals surface area contributed by atoms with E-state index in [9.17, 15) is 19.7 Å². The van der Waals surface area contributed by atoms with Gasteiger partial charge in [0.05, 0.1) is 16.3 Å². The summed E-state index contributed by atoms with van der Waals surface area (Å²) in [7, 11) is 0. The number of hydrogen-bond acceptors (Lipinski definition) is 6. The number of benzene rings is 2. The molecule has 2 heterocycles. The molecule has 1 N–H and O–H groups in total. The zero-order valence-corrected chi connectivity index (χ0v) is 21.8. The van der Waals surface area contributed by atoms with Crippen LogP contribution in [-0.4, -0.2) is 16.6 Å². The Bertz CT molecular complexity index is 1430. The molecule has 8 heteroatoms. The van der Waals surface area contributed by atoms with Crippen molar-refractivity contribution in [2.45, 2.75) is 58.9 Å². The predicted octanol–water partition coefficient (Wildman–Crippen LogP) is 7.19. The third kappa shape index (κ3) is 4.74. The molecule has 0 fully saturated rings. The minimum Gasteiger partial charge on any atom is -0.459 e. The van der Waals surface area contributed by atoms with Gasteiger partial charge in [0, 0.05) is 41.8 Å². The van der Waals surface area contributed by atoms with E-state index in [1.165, 1.54) is 12.1 Å². The second kappa shape index (κ2) is 9.93. The van der Waals surface area contributed by atoms with Crippen LogP contribution in [-0.2, 0) is 9.59 Å². The fourth-order valence-corrected chi connectivity index (χ4v) is 5.38. The van der Waals surface area contributed by atoms with Crippen molar-refractivity contribution < 1.29 is 18.9 Å². The number of furan rings is 1. The number of amides is 1. The third-order valence-corrected chi connectivity index (χ3v) is 7.17. The van der Waals surface area contributed by atoms with Gasteiger partial charge in [0.2, 0.25) is 5.91 Å². The smallest absolute Gasteiger partial charge is 0.269 e. The van der Waals surface area contributed by atoms with E-state index in [2.05, 4.69) is 19.2 Å². The Hall–Kier alpha value is -4.20. The molecule has 1 aromatic heterocycles. The number of anilines is 2. The van der Waals surface area contributed by atoms with E-state index >= 15 is 0 Å². The fourth-order valence-electron chi connectivity index (χ4n) is 5.38. The zero-order valence-electron chi connectivity index (χ0n) is 21.8. The Kier molecular flexibility index (Phi) is 6.65. The second-order valence-electron chi connectivity index (χ2n) is 10.8. The minimum atomic E-state index is -0.735. The van der Waals surface area contributed by atoms with E-state index in [0.717, 1.165) is 24.2 Å². The number of allylic oxidation sites excluding steroid dienone is 1. The molecule has 0 unspecified atom stereocenters. The highest BCUT2D eigenvalue weighted by atomic mass is 16.6. The lowest BCUT2D eigenvalue weighted by atomic mass is 9.74.